The van der Waals surface area contributed by atoms with Crippen LogP contribution in [0.5, 0.6) is 11.5 Å². The zero-order chi connectivity index (χ0) is 19.5. The molecule has 8 heteroatoms. The molecule has 1 N–H and O–H groups in total. The van der Waals surface area contributed by atoms with Gasteiger partial charge in [0.2, 0.25) is 24.4 Å². The van der Waals surface area contributed by atoms with E-state index < -0.39 is 0 Å². The molecule has 1 aliphatic heterocycles. The summed E-state index contributed by atoms with van der Waals surface area (Å²) in [6.45, 7) is 2.14. The van der Waals surface area contributed by atoms with E-state index in [1.165, 1.54) is 0 Å². The van der Waals surface area contributed by atoms with Gasteiger partial charge in [0.15, 0.2) is 11.5 Å². The molecule has 1 unspecified atom stereocenters. The van der Waals surface area contributed by atoms with Crippen molar-refractivity contribution in [1.82, 2.24) is 15.5 Å². The number of aromatic nitrogens is 2. The molecule has 1 aromatic heterocycles. The number of nitrogens with one attached hydrogen (secondary N) is 1. The predicted molar refractivity (Wildman–Crippen MR) is 102 cm³/mol. The highest BCUT2D eigenvalue weighted by Gasteiger charge is 2.17. The van der Waals surface area contributed by atoms with Crippen LogP contribution in [0, 0.1) is 0 Å². The van der Waals surface area contributed by atoms with Crippen molar-refractivity contribution < 1.29 is 18.8 Å². The Balaban J connectivity index is 1.31. The van der Waals surface area contributed by atoms with E-state index in [0.717, 1.165) is 16.9 Å². The van der Waals surface area contributed by atoms with Gasteiger partial charge in [-0.3, -0.25) is 4.79 Å². The molecule has 144 valence electrons. The zero-order valence-electron chi connectivity index (χ0n) is 15.1. The molecule has 0 saturated heterocycles. The van der Waals surface area contributed by atoms with Gasteiger partial charge in [-0.15, -0.1) is 0 Å². The summed E-state index contributed by atoms with van der Waals surface area (Å²) in [6.07, 6.45) is 0.609. The summed E-state index contributed by atoms with van der Waals surface area (Å²) in [5, 5.41) is 7.55. The van der Waals surface area contributed by atoms with E-state index >= 15 is 0 Å². The molecule has 1 amide bonds. The molecule has 0 saturated carbocycles. The van der Waals surface area contributed by atoms with Crippen molar-refractivity contribution in [2.75, 3.05) is 6.79 Å². The molecule has 0 radical (unpaired) electrons. The summed E-state index contributed by atoms with van der Waals surface area (Å²) in [7, 11) is 0. The topological polar surface area (TPSA) is 86.5 Å². The molecule has 0 bridgehead atoms. The largest absolute Gasteiger partial charge is 0.454 e. The smallest absolute Gasteiger partial charge is 0.231 e. The molecule has 3 aromatic rings. The maximum atomic E-state index is 12.3. The Labute approximate surface area is 166 Å². The van der Waals surface area contributed by atoms with Gasteiger partial charge in [0.1, 0.15) is 0 Å². The first kappa shape index (κ1) is 18.3. The maximum absolute atomic E-state index is 12.3. The summed E-state index contributed by atoms with van der Waals surface area (Å²) in [6, 6.07) is 12.6. The molecular formula is C20H18ClN3O4. The van der Waals surface area contributed by atoms with Gasteiger partial charge in [-0.05, 0) is 48.9 Å². The third-order valence-corrected chi connectivity index (χ3v) is 4.66. The van der Waals surface area contributed by atoms with E-state index in [4.69, 9.17) is 25.6 Å². The molecule has 7 nitrogen and oxygen atoms in total. The number of hydrogen-bond acceptors (Lipinski definition) is 6. The molecule has 2 aromatic carbocycles. The van der Waals surface area contributed by atoms with Crippen LogP contribution in [0.2, 0.25) is 5.02 Å². The number of carbonyl (C=O) groups is 1. The highest BCUT2D eigenvalue weighted by molar-refractivity contribution is 6.30. The highest BCUT2D eigenvalue weighted by Crippen LogP contribution is 2.34. The van der Waals surface area contributed by atoms with E-state index in [1.807, 2.05) is 37.3 Å². The Bertz CT molecular complexity index is 987. The van der Waals surface area contributed by atoms with Crippen LogP contribution in [-0.2, 0) is 11.2 Å². The van der Waals surface area contributed by atoms with Crippen LogP contribution in [0.1, 0.15) is 30.8 Å². The fourth-order valence-electron chi connectivity index (χ4n) is 2.87. The lowest BCUT2D eigenvalue weighted by Crippen LogP contribution is -2.26. The summed E-state index contributed by atoms with van der Waals surface area (Å²) < 4.78 is 15.9. The molecule has 4 rings (SSSR count). The van der Waals surface area contributed by atoms with Crippen LogP contribution in [0.3, 0.4) is 0 Å². The van der Waals surface area contributed by atoms with Crippen molar-refractivity contribution in [2.24, 2.45) is 0 Å². The number of aryl methyl sites for hydroxylation is 1. The number of rotatable bonds is 6. The third-order valence-electron chi connectivity index (χ3n) is 4.41. The minimum Gasteiger partial charge on any atom is -0.454 e. The lowest BCUT2D eigenvalue weighted by atomic mass is 10.1. The summed E-state index contributed by atoms with van der Waals surface area (Å²) in [5.74, 6) is 2.20. The number of fused-ring (bicyclic) bond motifs is 1. The molecule has 0 spiro atoms. The van der Waals surface area contributed by atoms with Crippen molar-refractivity contribution >= 4 is 17.5 Å². The monoisotopic (exact) mass is 399 g/mol. The van der Waals surface area contributed by atoms with Gasteiger partial charge in [-0.25, -0.2) is 0 Å². The van der Waals surface area contributed by atoms with Gasteiger partial charge < -0.3 is 19.3 Å². The molecule has 0 fully saturated rings. The van der Waals surface area contributed by atoms with Crippen LogP contribution in [0.4, 0.5) is 0 Å². The Hall–Kier alpha value is -3.06. The fraction of sp³-hybridized carbons (Fsp3) is 0.250. The van der Waals surface area contributed by atoms with Crippen LogP contribution >= 0.6 is 11.6 Å². The average Bonchev–Trinajstić information content (AvgIpc) is 3.35. The normalized spacial score (nSPS) is 13.4. The van der Waals surface area contributed by atoms with Gasteiger partial charge in [0.25, 0.3) is 0 Å². The summed E-state index contributed by atoms with van der Waals surface area (Å²) >= 11 is 5.88. The van der Waals surface area contributed by atoms with E-state index in [0.29, 0.717) is 28.9 Å². The number of nitrogens with zero attached hydrogens (tertiary/aromatic N) is 2. The molecule has 28 heavy (non-hydrogen) atoms. The fourth-order valence-corrected chi connectivity index (χ4v) is 3.00. The van der Waals surface area contributed by atoms with Gasteiger partial charge >= 0.3 is 0 Å². The summed E-state index contributed by atoms with van der Waals surface area (Å²) in [4.78, 5) is 16.6. The maximum Gasteiger partial charge on any atom is 0.231 e. The second-order valence-electron chi connectivity index (χ2n) is 6.42. The molecule has 1 aliphatic rings. The lowest BCUT2D eigenvalue weighted by molar-refractivity contribution is -0.121. The third kappa shape index (κ3) is 4.09. The first-order valence-electron chi connectivity index (χ1n) is 8.86. The van der Waals surface area contributed by atoms with Gasteiger partial charge in [-0.1, -0.05) is 22.8 Å². The predicted octanol–water partition coefficient (Wildman–Crippen LogP) is 3.93. The molecule has 1 atom stereocenters. The standard InChI is InChI=1S/C20H18ClN3O4/c1-12(14-4-7-16-17(10-14)27-11-26-16)22-18(25)8-9-19-23-20(24-28-19)13-2-5-15(21)6-3-13/h2-7,10,12H,8-9,11H2,1H3,(H,22,25). The minimum absolute atomic E-state index is 0.101. The Morgan fingerprint density at radius 3 is 2.79 bits per heavy atom. The second-order valence-corrected chi connectivity index (χ2v) is 6.86. The van der Waals surface area contributed by atoms with Crippen LogP contribution in [0.15, 0.2) is 47.0 Å². The second kappa shape index (κ2) is 7.90. The van der Waals surface area contributed by atoms with Crippen LogP contribution in [0.25, 0.3) is 11.4 Å². The Morgan fingerprint density at radius 1 is 1.18 bits per heavy atom. The van der Waals surface area contributed by atoms with E-state index in [2.05, 4.69) is 15.5 Å². The number of carbonyl (C=O) groups excluding carboxylic acids is 1. The average molecular weight is 400 g/mol. The first-order valence-corrected chi connectivity index (χ1v) is 9.24. The van der Waals surface area contributed by atoms with Crippen LogP contribution < -0.4 is 14.8 Å². The molecular weight excluding hydrogens is 382 g/mol. The Kier molecular flexibility index (Phi) is 5.16. The van der Waals surface area contributed by atoms with Crippen molar-refractivity contribution in [3.8, 4) is 22.9 Å². The van der Waals surface area contributed by atoms with Gasteiger partial charge in [0, 0.05) is 23.4 Å². The quantitative estimate of drug-likeness (QED) is 0.675. The number of ether oxygens (including phenoxy) is 2. The van der Waals surface area contributed by atoms with E-state index in [9.17, 15) is 4.79 Å². The van der Waals surface area contributed by atoms with Gasteiger partial charge in [0.05, 0.1) is 6.04 Å². The van der Waals surface area contributed by atoms with Crippen molar-refractivity contribution in [3.63, 3.8) is 0 Å². The summed E-state index contributed by atoms with van der Waals surface area (Å²) in [5.41, 5.74) is 1.75. The van der Waals surface area contributed by atoms with Gasteiger partial charge in [-0.2, -0.15) is 4.98 Å². The van der Waals surface area contributed by atoms with Crippen LogP contribution in [-0.4, -0.2) is 22.8 Å². The minimum atomic E-state index is -0.158. The number of benzene rings is 2. The van der Waals surface area contributed by atoms with Crippen molar-refractivity contribution in [1.29, 1.82) is 0 Å². The van der Waals surface area contributed by atoms with Crippen molar-refractivity contribution in [3.05, 3.63) is 58.9 Å². The highest BCUT2D eigenvalue weighted by atomic mass is 35.5. The number of halogens is 1. The number of hydrogen-bond donors (Lipinski definition) is 1. The van der Waals surface area contributed by atoms with Crippen molar-refractivity contribution in [2.45, 2.75) is 25.8 Å². The van der Waals surface area contributed by atoms with E-state index in [1.54, 1.807) is 12.1 Å². The molecule has 2 heterocycles. The Morgan fingerprint density at radius 2 is 1.96 bits per heavy atom. The first-order chi connectivity index (χ1) is 13.6. The lowest BCUT2D eigenvalue weighted by Gasteiger charge is -2.14. The van der Waals surface area contributed by atoms with E-state index in [-0.39, 0.29) is 25.2 Å². The SMILES string of the molecule is CC(NC(=O)CCc1nc(-c2ccc(Cl)cc2)no1)c1ccc2c(c1)OCO2. The zero-order valence-corrected chi connectivity index (χ0v) is 15.9. The number of amides is 1. The molecule has 0 aliphatic carbocycles.